The lowest BCUT2D eigenvalue weighted by Gasteiger charge is -2.51. The molecule has 2 aromatic heterocycles. The number of aryl methyl sites for hydroxylation is 1. The van der Waals surface area contributed by atoms with Crippen LogP contribution in [-0.2, 0) is 10.6 Å². The second-order valence-electron chi connectivity index (χ2n) is 6.13. The molecule has 2 aromatic rings. The summed E-state index contributed by atoms with van der Waals surface area (Å²) >= 11 is 6.10. The summed E-state index contributed by atoms with van der Waals surface area (Å²) in [5.41, 5.74) is 3.10. The summed E-state index contributed by atoms with van der Waals surface area (Å²) in [6, 6.07) is 2.32. The number of fused-ring (bicyclic) bond motifs is 1. The molecule has 0 amide bonds. The van der Waals surface area contributed by atoms with E-state index in [4.69, 9.17) is 16.3 Å². The van der Waals surface area contributed by atoms with Crippen molar-refractivity contribution >= 4 is 22.8 Å². The van der Waals surface area contributed by atoms with E-state index in [1.165, 1.54) is 0 Å². The molecule has 1 saturated carbocycles. The van der Waals surface area contributed by atoms with Gasteiger partial charge in [0.1, 0.15) is 11.3 Å². The van der Waals surface area contributed by atoms with Gasteiger partial charge >= 0.3 is 0 Å². The molecule has 2 unspecified atom stereocenters. The molecule has 1 fully saturated rings. The largest absolute Gasteiger partial charge is 0.381 e. The number of alkyl halides is 1. The fourth-order valence-corrected chi connectivity index (χ4v) is 3.47. The van der Waals surface area contributed by atoms with Crippen molar-refractivity contribution in [3.63, 3.8) is 0 Å². The van der Waals surface area contributed by atoms with Gasteiger partial charge in [-0.2, -0.15) is 0 Å². The van der Waals surface area contributed by atoms with Crippen molar-refractivity contribution < 1.29 is 4.74 Å². The van der Waals surface area contributed by atoms with E-state index in [2.05, 4.69) is 35.3 Å². The van der Waals surface area contributed by atoms with Gasteiger partial charge in [0.05, 0.1) is 12.0 Å². The number of methoxy groups -OCH3 is 1. The minimum absolute atomic E-state index is 0.0641. The van der Waals surface area contributed by atoms with Gasteiger partial charge in [0.25, 0.3) is 0 Å². The van der Waals surface area contributed by atoms with E-state index < -0.39 is 0 Å². The highest BCUT2D eigenvalue weighted by atomic mass is 35.5. The molecule has 0 bridgehead atoms. The fourth-order valence-electron chi connectivity index (χ4n) is 3.28. The second kappa shape index (κ2) is 4.71. The van der Waals surface area contributed by atoms with Gasteiger partial charge in [0.2, 0.25) is 0 Å². The fraction of sp³-hybridized carbons (Fsp3) is 0.600. The third-order valence-electron chi connectivity index (χ3n) is 4.70. The molecule has 0 aliphatic heterocycles. The molecule has 0 N–H and O–H groups in total. The van der Waals surface area contributed by atoms with E-state index in [1.807, 2.05) is 12.3 Å². The minimum atomic E-state index is 0.0641. The summed E-state index contributed by atoms with van der Waals surface area (Å²) in [5.74, 6) is 1.30. The normalized spacial score (nSPS) is 24.9. The second-order valence-corrected chi connectivity index (χ2v) is 6.40. The summed E-state index contributed by atoms with van der Waals surface area (Å²) in [5, 5.41) is 0. The molecule has 2 atom stereocenters. The zero-order valence-electron chi connectivity index (χ0n) is 12.4. The molecule has 108 valence electrons. The van der Waals surface area contributed by atoms with Crippen LogP contribution in [0, 0.1) is 12.3 Å². The number of rotatable bonds is 3. The van der Waals surface area contributed by atoms with Gasteiger partial charge in [-0.15, -0.1) is 11.6 Å². The Kier molecular flexibility index (Phi) is 3.26. The van der Waals surface area contributed by atoms with Gasteiger partial charge in [0.15, 0.2) is 5.65 Å². The van der Waals surface area contributed by atoms with Gasteiger partial charge in [-0.05, 0) is 25.0 Å². The highest BCUT2D eigenvalue weighted by Crippen LogP contribution is 2.52. The average Bonchev–Trinajstić information content (AvgIpc) is 2.78. The van der Waals surface area contributed by atoms with Gasteiger partial charge < -0.3 is 9.30 Å². The Hall–Kier alpha value is -1.13. The van der Waals surface area contributed by atoms with E-state index in [0.29, 0.717) is 11.9 Å². The Morgan fingerprint density at radius 3 is 2.85 bits per heavy atom. The maximum Gasteiger partial charge on any atom is 0.160 e. The summed E-state index contributed by atoms with van der Waals surface area (Å²) < 4.78 is 7.77. The molecule has 0 spiro atoms. The maximum atomic E-state index is 6.10. The average molecular weight is 294 g/mol. The molecule has 0 saturated heterocycles. The summed E-state index contributed by atoms with van der Waals surface area (Å²) in [6.45, 7) is 6.52. The molecule has 3 rings (SSSR count). The zero-order chi connectivity index (χ0) is 14.5. The predicted octanol–water partition coefficient (Wildman–Crippen LogP) is 3.46. The molecule has 1 aliphatic rings. The molecule has 1 aliphatic carbocycles. The van der Waals surface area contributed by atoms with Crippen LogP contribution < -0.4 is 0 Å². The Morgan fingerprint density at radius 1 is 1.50 bits per heavy atom. The first kappa shape index (κ1) is 13.8. The zero-order valence-corrected chi connectivity index (χ0v) is 13.1. The smallest absolute Gasteiger partial charge is 0.160 e. The third kappa shape index (κ3) is 1.78. The third-order valence-corrected chi connectivity index (χ3v) is 4.93. The van der Waals surface area contributed by atoms with Gasteiger partial charge in [-0.1, -0.05) is 13.8 Å². The van der Waals surface area contributed by atoms with Crippen LogP contribution in [0.3, 0.4) is 0 Å². The first-order valence-corrected chi connectivity index (χ1v) is 7.45. The van der Waals surface area contributed by atoms with Crippen molar-refractivity contribution in [2.24, 2.45) is 5.41 Å². The van der Waals surface area contributed by atoms with Crippen LogP contribution in [0.1, 0.15) is 37.7 Å². The lowest BCUT2D eigenvalue weighted by atomic mass is 9.64. The number of hydrogen-bond donors (Lipinski definition) is 0. The standard InChI is InChI=1S/C15H20ClN3O/c1-9-5-6-17-14-13(9)18-12(8-16)19(14)10-7-11(20-4)15(10,2)3/h5-6,10-11H,7-8H2,1-4H3. The molecule has 0 radical (unpaired) electrons. The van der Waals surface area contributed by atoms with Crippen LogP contribution in [0.4, 0.5) is 0 Å². The molecule has 2 heterocycles. The van der Waals surface area contributed by atoms with Crippen LogP contribution in [-0.4, -0.2) is 27.7 Å². The topological polar surface area (TPSA) is 39.9 Å². The van der Waals surface area contributed by atoms with Crippen LogP contribution >= 0.6 is 11.6 Å². The number of nitrogens with zero attached hydrogens (tertiary/aromatic N) is 3. The van der Waals surface area contributed by atoms with E-state index in [9.17, 15) is 0 Å². The van der Waals surface area contributed by atoms with Crippen molar-refractivity contribution in [2.75, 3.05) is 7.11 Å². The van der Waals surface area contributed by atoms with E-state index in [0.717, 1.165) is 29.0 Å². The van der Waals surface area contributed by atoms with Gasteiger partial charge in [0, 0.05) is 24.8 Å². The molecule has 20 heavy (non-hydrogen) atoms. The molecule has 0 aromatic carbocycles. The van der Waals surface area contributed by atoms with E-state index in [1.54, 1.807) is 7.11 Å². The molecular formula is C15H20ClN3O. The number of ether oxygens (including phenoxy) is 1. The Balaban J connectivity index is 2.14. The molecular weight excluding hydrogens is 274 g/mol. The maximum absolute atomic E-state index is 6.10. The van der Waals surface area contributed by atoms with E-state index in [-0.39, 0.29) is 11.5 Å². The molecule has 5 heteroatoms. The Bertz CT molecular complexity index is 650. The number of imidazole rings is 1. The number of aromatic nitrogens is 3. The number of hydrogen-bond acceptors (Lipinski definition) is 3. The lowest BCUT2D eigenvalue weighted by Crippen LogP contribution is -2.51. The van der Waals surface area contributed by atoms with Crippen molar-refractivity contribution in [2.45, 2.75) is 45.2 Å². The first-order chi connectivity index (χ1) is 9.50. The SMILES string of the molecule is COC1CC(n2c(CCl)nc3c(C)ccnc32)C1(C)C. The van der Waals surface area contributed by atoms with Crippen LogP contribution in [0.2, 0.25) is 0 Å². The molecule has 4 nitrogen and oxygen atoms in total. The monoisotopic (exact) mass is 293 g/mol. The first-order valence-electron chi connectivity index (χ1n) is 6.92. The minimum Gasteiger partial charge on any atom is -0.381 e. The highest BCUT2D eigenvalue weighted by Gasteiger charge is 2.50. The Morgan fingerprint density at radius 2 is 2.25 bits per heavy atom. The van der Waals surface area contributed by atoms with Crippen molar-refractivity contribution in [1.82, 2.24) is 14.5 Å². The van der Waals surface area contributed by atoms with Crippen LogP contribution in [0.5, 0.6) is 0 Å². The van der Waals surface area contributed by atoms with Gasteiger partial charge in [-0.3, -0.25) is 0 Å². The van der Waals surface area contributed by atoms with Crippen molar-refractivity contribution in [3.8, 4) is 0 Å². The van der Waals surface area contributed by atoms with Crippen molar-refractivity contribution in [3.05, 3.63) is 23.7 Å². The van der Waals surface area contributed by atoms with Gasteiger partial charge in [-0.25, -0.2) is 9.97 Å². The van der Waals surface area contributed by atoms with Crippen LogP contribution in [0.15, 0.2) is 12.3 Å². The number of pyridine rings is 1. The van der Waals surface area contributed by atoms with E-state index >= 15 is 0 Å². The Labute approximate surface area is 124 Å². The summed E-state index contributed by atoms with van der Waals surface area (Å²) in [4.78, 5) is 9.21. The van der Waals surface area contributed by atoms with Crippen LogP contribution in [0.25, 0.3) is 11.2 Å². The summed E-state index contributed by atoms with van der Waals surface area (Å²) in [7, 11) is 1.78. The van der Waals surface area contributed by atoms with Crippen molar-refractivity contribution in [1.29, 1.82) is 0 Å². The quantitative estimate of drug-likeness (QED) is 0.814. The lowest BCUT2D eigenvalue weighted by molar-refractivity contribution is -0.112. The summed E-state index contributed by atoms with van der Waals surface area (Å²) in [6.07, 6.45) is 3.10. The number of halogens is 1. The highest BCUT2D eigenvalue weighted by molar-refractivity contribution is 6.16. The predicted molar refractivity (Wildman–Crippen MR) is 80.1 cm³/mol.